The van der Waals surface area contributed by atoms with Gasteiger partial charge in [0.15, 0.2) is 0 Å². The highest BCUT2D eigenvalue weighted by atomic mass is 19.1. The molecule has 0 bridgehead atoms. The summed E-state index contributed by atoms with van der Waals surface area (Å²) in [7, 11) is 0. The van der Waals surface area contributed by atoms with E-state index < -0.39 is 5.97 Å². The summed E-state index contributed by atoms with van der Waals surface area (Å²) in [5.74, 6) is -1.38. The van der Waals surface area contributed by atoms with Crippen LogP contribution in [-0.2, 0) is 5.41 Å². The molecule has 1 N–H and O–H groups in total. The SMILES string of the molecule is CC(C)(C)c1ccc(-c2nc3cc(C(=O)O)ccc3n3cc(F)cc23)cc1. The van der Waals surface area contributed by atoms with Crippen LogP contribution in [0.3, 0.4) is 0 Å². The second-order valence-corrected chi connectivity index (χ2v) is 7.71. The van der Waals surface area contributed by atoms with Crippen molar-refractivity contribution >= 4 is 22.5 Å². The molecule has 136 valence electrons. The summed E-state index contributed by atoms with van der Waals surface area (Å²) in [6.07, 6.45) is 1.40. The van der Waals surface area contributed by atoms with Crippen LogP contribution in [0.15, 0.2) is 54.7 Å². The molecule has 0 aliphatic rings. The second kappa shape index (κ2) is 5.91. The molecule has 0 fully saturated rings. The molecule has 4 rings (SSSR count). The average molecular weight is 362 g/mol. The van der Waals surface area contributed by atoms with Crippen molar-refractivity contribution in [2.75, 3.05) is 0 Å². The minimum Gasteiger partial charge on any atom is -0.478 e. The van der Waals surface area contributed by atoms with Crippen LogP contribution < -0.4 is 0 Å². The summed E-state index contributed by atoms with van der Waals surface area (Å²) in [6.45, 7) is 6.43. The fourth-order valence-corrected chi connectivity index (χ4v) is 3.28. The van der Waals surface area contributed by atoms with Crippen LogP contribution in [0.4, 0.5) is 4.39 Å². The van der Waals surface area contributed by atoms with E-state index in [1.54, 1.807) is 10.5 Å². The molecule has 0 amide bonds. The highest BCUT2D eigenvalue weighted by molar-refractivity contribution is 5.94. The first-order chi connectivity index (χ1) is 12.7. The standard InChI is InChI=1S/C22H19FN2O2/c1-22(2,3)15-7-4-13(5-8-15)20-19-11-16(23)12-25(19)18-9-6-14(21(26)27)10-17(18)24-20/h4-12H,1-3H3,(H,26,27). The molecule has 0 saturated carbocycles. The van der Waals surface area contributed by atoms with Crippen molar-refractivity contribution in [2.45, 2.75) is 26.2 Å². The number of aromatic carboxylic acids is 1. The van der Waals surface area contributed by atoms with Crippen molar-refractivity contribution in [1.82, 2.24) is 9.38 Å². The Morgan fingerprint density at radius 1 is 1.04 bits per heavy atom. The first kappa shape index (κ1) is 17.2. The average Bonchev–Trinajstić information content (AvgIpc) is 3.01. The number of fused-ring (bicyclic) bond motifs is 3. The number of benzene rings is 2. The van der Waals surface area contributed by atoms with Gasteiger partial charge in [0.1, 0.15) is 5.82 Å². The Hall–Kier alpha value is -3.21. The minimum absolute atomic E-state index is 0.0300. The van der Waals surface area contributed by atoms with Crippen LogP contribution in [0.2, 0.25) is 0 Å². The topological polar surface area (TPSA) is 54.6 Å². The molecule has 2 aromatic carbocycles. The lowest BCUT2D eigenvalue weighted by Gasteiger charge is -2.19. The number of nitrogens with zero attached hydrogens (tertiary/aromatic N) is 2. The van der Waals surface area contributed by atoms with Gasteiger partial charge < -0.3 is 9.51 Å². The number of carboxylic acids is 1. The van der Waals surface area contributed by atoms with Crippen LogP contribution in [-0.4, -0.2) is 20.5 Å². The Bertz CT molecular complexity index is 1190. The molecule has 2 heterocycles. The first-order valence-corrected chi connectivity index (χ1v) is 8.69. The van der Waals surface area contributed by atoms with E-state index in [-0.39, 0.29) is 16.8 Å². The summed E-state index contributed by atoms with van der Waals surface area (Å²) in [5.41, 5.74) is 4.66. The van der Waals surface area contributed by atoms with Gasteiger partial charge in [-0.3, -0.25) is 0 Å². The minimum atomic E-state index is -1.02. The molecule has 0 unspecified atom stereocenters. The lowest BCUT2D eigenvalue weighted by atomic mass is 9.86. The van der Waals surface area contributed by atoms with Crippen LogP contribution in [0, 0.1) is 5.82 Å². The lowest BCUT2D eigenvalue weighted by molar-refractivity contribution is 0.0697. The van der Waals surface area contributed by atoms with Crippen LogP contribution >= 0.6 is 0 Å². The summed E-state index contributed by atoms with van der Waals surface area (Å²) in [4.78, 5) is 16.0. The number of carboxylic acid groups (broad SMARTS) is 1. The van der Waals surface area contributed by atoms with Crippen LogP contribution in [0.5, 0.6) is 0 Å². The number of rotatable bonds is 2. The molecule has 0 aliphatic heterocycles. The van der Waals surface area contributed by atoms with Gasteiger partial charge in [0.2, 0.25) is 0 Å². The molecule has 0 aliphatic carbocycles. The van der Waals surface area contributed by atoms with Gasteiger partial charge in [-0.25, -0.2) is 14.2 Å². The Kier molecular flexibility index (Phi) is 3.77. The Labute approximate surface area is 155 Å². The molecule has 0 radical (unpaired) electrons. The van der Waals surface area contributed by atoms with E-state index in [1.165, 1.54) is 30.0 Å². The fourth-order valence-electron chi connectivity index (χ4n) is 3.28. The van der Waals surface area contributed by atoms with Crippen molar-refractivity contribution in [1.29, 1.82) is 0 Å². The van der Waals surface area contributed by atoms with E-state index >= 15 is 0 Å². The van der Waals surface area contributed by atoms with Crippen LogP contribution in [0.25, 0.3) is 27.8 Å². The maximum Gasteiger partial charge on any atom is 0.335 e. The van der Waals surface area contributed by atoms with Gasteiger partial charge in [0.25, 0.3) is 0 Å². The predicted molar refractivity (Wildman–Crippen MR) is 104 cm³/mol. The molecule has 0 atom stereocenters. The van der Waals surface area contributed by atoms with Gasteiger partial charge in [-0.2, -0.15) is 0 Å². The van der Waals surface area contributed by atoms with Crippen molar-refractivity contribution in [3.05, 3.63) is 71.7 Å². The van der Waals surface area contributed by atoms with Gasteiger partial charge in [0.05, 0.1) is 27.8 Å². The third kappa shape index (κ3) is 2.95. The number of halogens is 1. The molecular weight excluding hydrogens is 343 g/mol. The maximum atomic E-state index is 14.0. The molecular formula is C22H19FN2O2. The van der Waals surface area contributed by atoms with E-state index in [0.717, 1.165) is 5.56 Å². The number of aromatic nitrogens is 2. The van der Waals surface area contributed by atoms with Crippen molar-refractivity contribution < 1.29 is 14.3 Å². The summed E-state index contributed by atoms with van der Waals surface area (Å²) >= 11 is 0. The highest BCUT2D eigenvalue weighted by Crippen LogP contribution is 2.30. The Morgan fingerprint density at radius 3 is 2.37 bits per heavy atom. The van der Waals surface area contributed by atoms with E-state index in [0.29, 0.717) is 22.2 Å². The van der Waals surface area contributed by atoms with Gasteiger partial charge in [-0.1, -0.05) is 45.0 Å². The van der Waals surface area contributed by atoms with E-state index in [2.05, 4.69) is 25.8 Å². The largest absolute Gasteiger partial charge is 0.478 e. The molecule has 4 nitrogen and oxygen atoms in total. The fraction of sp³-hybridized carbons (Fsp3) is 0.182. The van der Waals surface area contributed by atoms with Crippen molar-refractivity contribution in [3.63, 3.8) is 0 Å². The third-order valence-electron chi connectivity index (χ3n) is 4.77. The quantitative estimate of drug-likeness (QED) is 0.527. The van der Waals surface area contributed by atoms with E-state index in [1.807, 2.05) is 24.3 Å². The number of hydrogen-bond acceptors (Lipinski definition) is 2. The van der Waals surface area contributed by atoms with E-state index in [9.17, 15) is 14.3 Å². The van der Waals surface area contributed by atoms with Crippen molar-refractivity contribution in [2.24, 2.45) is 0 Å². The summed E-state index contributed by atoms with van der Waals surface area (Å²) in [6, 6.07) is 14.2. The lowest BCUT2D eigenvalue weighted by Crippen LogP contribution is -2.10. The van der Waals surface area contributed by atoms with Gasteiger partial charge in [-0.05, 0) is 29.2 Å². The smallest absolute Gasteiger partial charge is 0.335 e. The molecule has 0 spiro atoms. The zero-order chi connectivity index (χ0) is 19.3. The number of hydrogen-bond donors (Lipinski definition) is 1. The molecule has 27 heavy (non-hydrogen) atoms. The molecule has 5 heteroatoms. The third-order valence-corrected chi connectivity index (χ3v) is 4.77. The van der Waals surface area contributed by atoms with Crippen LogP contribution in [0.1, 0.15) is 36.7 Å². The van der Waals surface area contributed by atoms with Crippen molar-refractivity contribution in [3.8, 4) is 11.3 Å². The summed E-state index contributed by atoms with van der Waals surface area (Å²) < 4.78 is 15.7. The number of carbonyl (C=O) groups is 1. The van der Waals surface area contributed by atoms with Gasteiger partial charge in [-0.15, -0.1) is 0 Å². The Balaban J connectivity index is 1.99. The highest BCUT2D eigenvalue weighted by Gasteiger charge is 2.16. The molecule has 4 aromatic rings. The predicted octanol–water partition coefficient (Wildman–Crippen LogP) is 5.29. The molecule has 0 saturated heterocycles. The zero-order valence-electron chi connectivity index (χ0n) is 15.3. The molecule has 2 aromatic heterocycles. The monoisotopic (exact) mass is 362 g/mol. The van der Waals surface area contributed by atoms with Gasteiger partial charge in [0, 0.05) is 17.8 Å². The first-order valence-electron chi connectivity index (χ1n) is 8.69. The normalized spacial score (nSPS) is 12.0. The van der Waals surface area contributed by atoms with E-state index in [4.69, 9.17) is 0 Å². The Morgan fingerprint density at radius 2 is 1.74 bits per heavy atom. The second-order valence-electron chi connectivity index (χ2n) is 7.71. The zero-order valence-corrected chi connectivity index (χ0v) is 15.3. The summed E-state index contributed by atoms with van der Waals surface area (Å²) in [5, 5.41) is 9.26. The van der Waals surface area contributed by atoms with Gasteiger partial charge >= 0.3 is 5.97 Å². The maximum absolute atomic E-state index is 14.0.